The molecule has 6 heteroatoms. The van der Waals surface area contributed by atoms with Gasteiger partial charge in [-0.2, -0.15) is 5.10 Å². The van der Waals surface area contributed by atoms with Crippen molar-refractivity contribution in [3.05, 3.63) is 47.3 Å². The molecule has 1 saturated heterocycles. The van der Waals surface area contributed by atoms with Crippen LogP contribution in [0, 0.1) is 12.3 Å². The number of nitrogens with one attached hydrogen (secondary N) is 1. The van der Waals surface area contributed by atoms with Crippen LogP contribution in [-0.4, -0.2) is 39.6 Å². The number of benzene rings is 1. The van der Waals surface area contributed by atoms with E-state index in [0.29, 0.717) is 25.8 Å². The van der Waals surface area contributed by atoms with Crippen molar-refractivity contribution in [3.8, 4) is 5.69 Å². The maximum atomic E-state index is 12.7. The van der Waals surface area contributed by atoms with E-state index in [1.807, 2.05) is 27.9 Å². The number of hydrogen-bond acceptors (Lipinski definition) is 3. The van der Waals surface area contributed by atoms with Crippen LogP contribution in [0.5, 0.6) is 0 Å². The molecule has 1 aliphatic carbocycles. The second-order valence-electron chi connectivity index (χ2n) is 9.50. The lowest BCUT2D eigenvalue weighted by atomic mass is 9.74. The van der Waals surface area contributed by atoms with Crippen LogP contribution in [0.25, 0.3) is 5.69 Å². The van der Waals surface area contributed by atoms with Crippen LogP contribution in [0.1, 0.15) is 68.8 Å². The molecule has 1 aromatic heterocycles. The summed E-state index contributed by atoms with van der Waals surface area (Å²) in [5.41, 5.74) is 4.67. The van der Waals surface area contributed by atoms with Gasteiger partial charge in [0.05, 0.1) is 23.6 Å². The number of hydrogen-bond donors (Lipinski definition) is 1. The molecule has 1 aromatic carbocycles. The van der Waals surface area contributed by atoms with Gasteiger partial charge in [-0.25, -0.2) is 4.68 Å². The van der Waals surface area contributed by atoms with E-state index in [-0.39, 0.29) is 23.3 Å². The fourth-order valence-electron chi connectivity index (χ4n) is 4.82. The van der Waals surface area contributed by atoms with Crippen molar-refractivity contribution in [3.63, 3.8) is 0 Å². The first-order valence-electron chi connectivity index (χ1n) is 11.0. The molecule has 2 aromatic rings. The normalized spacial score (nSPS) is 20.3. The highest BCUT2D eigenvalue weighted by atomic mass is 16.2. The maximum absolute atomic E-state index is 12.7. The van der Waals surface area contributed by atoms with E-state index in [0.717, 1.165) is 37.1 Å². The van der Waals surface area contributed by atoms with E-state index < -0.39 is 0 Å². The van der Waals surface area contributed by atoms with E-state index in [1.54, 1.807) is 0 Å². The standard InChI is InChI=1S/C24H32N4O2/c1-17-8-4-5-9-20(17)28-21-15-24(2,3)14-19(18(21)16-25-28)26-22(29)10-6-12-27-13-7-11-23(27)30/h4-5,8-9,16,19H,6-7,10-15H2,1-3H3,(H,26,29)/t19-/m0/s1. The first kappa shape index (κ1) is 20.6. The third-order valence-corrected chi connectivity index (χ3v) is 6.36. The molecule has 0 spiro atoms. The molecule has 2 aliphatic rings. The van der Waals surface area contributed by atoms with E-state index in [2.05, 4.69) is 38.2 Å². The van der Waals surface area contributed by atoms with Gasteiger partial charge < -0.3 is 10.2 Å². The van der Waals surface area contributed by atoms with Gasteiger partial charge in [-0.05, 0) is 49.7 Å². The number of para-hydroxylation sites is 1. The summed E-state index contributed by atoms with van der Waals surface area (Å²) < 4.78 is 2.05. The Morgan fingerprint density at radius 3 is 2.83 bits per heavy atom. The number of carbonyl (C=O) groups is 2. The molecule has 2 heterocycles. The van der Waals surface area contributed by atoms with Crippen LogP contribution in [0.15, 0.2) is 30.5 Å². The fourth-order valence-corrected chi connectivity index (χ4v) is 4.82. The van der Waals surface area contributed by atoms with Crippen LogP contribution < -0.4 is 5.32 Å². The van der Waals surface area contributed by atoms with Crippen molar-refractivity contribution < 1.29 is 9.59 Å². The van der Waals surface area contributed by atoms with Crippen molar-refractivity contribution in [2.24, 2.45) is 5.41 Å². The summed E-state index contributed by atoms with van der Waals surface area (Å²) in [6.07, 6.45) is 6.50. The van der Waals surface area contributed by atoms with E-state index >= 15 is 0 Å². The number of aromatic nitrogens is 2. The van der Waals surface area contributed by atoms with Crippen LogP contribution in [0.3, 0.4) is 0 Å². The summed E-state index contributed by atoms with van der Waals surface area (Å²) in [5.74, 6) is 0.275. The molecule has 0 bridgehead atoms. The second-order valence-corrected chi connectivity index (χ2v) is 9.50. The van der Waals surface area contributed by atoms with Crippen LogP contribution in [0.2, 0.25) is 0 Å². The fraction of sp³-hybridized carbons (Fsp3) is 0.542. The molecule has 0 unspecified atom stereocenters. The molecule has 1 aliphatic heterocycles. The molecule has 1 fully saturated rings. The predicted molar refractivity (Wildman–Crippen MR) is 116 cm³/mol. The minimum Gasteiger partial charge on any atom is -0.349 e. The van der Waals surface area contributed by atoms with Gasteiger partial charge in [0, 0.05) is 31.5 Å². The highest BCUT2D eigenvalue weighted by Gasteiger charge is 2.36. The van der Waals surface area contributed by atoms with Crippen molar-refractivity contribution in [2.75, 3.05) is 13.1 Å². The van der Waals surface area contributed by atoms with Crippen molar-refractivity contribution >= 4 is 11.8 Å². The molecule has 6 nitrogen and oxygen atoms in total. The smallest absolute Gasteiger partial charge is 0.222 e. The number of carbonyl (C=O) groups excluding carboxylic acids is 2. The zero-order chi connectivity index (χ0) is 21.3. The first-order chi connectivity index (χ1) is 14.3. The molecule has 4 rings (SSSR count). The quantitative estimate of drug-likeness (QED) is 0.792. The van der Waals surface area contributed by atoms with Crippen LogP contribution in [-0.2, 0) is 16.0 Å². The van der Waals surface area contributed by atoms with Gasteiger partial charge >= 0.3 is 0 Å². The number of likely N-dealkylation sites (tertiary alicyclic amines) is 1. The third-order valence-electron chi connectivity index (χ3n) is 6.36. The topological polar surface area (TPSA) is 67.2 Å². The monoisotopic (exact) mass is 408 g/mol. The molecule has 0 radical (unpaired) electrons. The van der Waals surface area contributed by atoms with Gasteiger partial charge in [0.25, 0.3) is 0 Å². The minimum atomic E-state index is -0.0255. The Morgan fingerprint density at radius 1 is 1.30 bits per heavy atom. The summed E-state index contributed by atoms with van der Waals surface area (Å²) in [7, 11) is 0. The Bertz CT molecular complexity index is 946. The molecule has 1 N–H and O–H groups in total. The molecule has 30 heavy (non-hydrogen) atoms. The predicted octanol–water partition coefficient (Wildman–Crippen LogP) is 3.71. The van der Waals surface area contributed by atoms with Gasteiger partial charge in [0.1, 0.15) is 0 Å². The average Bonchev–Trinajstić information content (AvgIpc) is 3.27. The zero-order valence-corrected chi connectivity index (χ0v) is 18.3. The first-order valence-corrected chi connectivity index (χ1v) is 11.0. The van der Waals surface area contributed by atoms with Gasteiger partial charge in [0.2, 0.25) is 11.8 Å². The molecular weight excluding hydrogens is 376 g/mol. The molecule has 2 amide bonds. The van der Waals surface area contributed by atoms with Gasteiger partial charge in [-0.1, -0.05) is 32.0 Å². The molecule has 1 atom stereocenters. The van der Waals surface area contributed by atoms with Crippen LogP contribution >= 0.6 is 0 Å². The molecule has 0 saturated carbocycles. The molecular formula is C24H32N4O2. The summed E-state index contributed by atoms with van der Waals surface area (Å²) in [6, 6.07) is 8.24. The van der Waals surface area contributed by atoms with Gasteiger partial charge in [0.15, 0.2) is 0 Å². The molecule has 160 valence electrons. The van der Waals surface area contributed by atoms with E-state index in [1.165, 1.54) is 11.3 Å². The Hall–Kier alpha value is -2.63. The Morgan fingerprint density at radius 2 is 2.10 bits per heavy atom. The number of amides is 2. The largest absolute Gasteiger partial charge is 0.349 e. The average molecular weight is 409 g/mol. The summed E-state index contributed by atoms with van der Waals surface area (Å²) in [5, 5.41) is 7.95. The minimum absolute atomic E-state index is 0.0255. The van der Waals surface area contributed by atoms with Crippen molar-refractivity contribution in [1.82, 2.24) is 20.0 Å². The number of nitrogens with zero attached hydrogens (tertiary/aromatic N) is 3. The number of rotatable bonds is 6. The second kappa shape index (κ2) is 8.25. The van der Waals surface area contributed by atoms with Gasteiger partial charge in [-0.15, -0.1) is 0 Å². The summed E-state index contributed by atoms with van der Waals surface area (Å²) in [6.45, 7) is 8.12. The maximum Gasteiger partial charge on any atom is 0.222 e. The Balaban J connectivity index is 1.46. The highest BCUT2D eigenvalue weighted by molar-refractivity contribution is 5.78. The Kier molecular flexibility index (Phi) is 5.67. The van der Waals surface area contributed by atoms with Crippen molar-refractivity contribution in [1.29, 1.82) is 0 Å². The van der Waals surface area contributed by atoms with Crippen LogP contribution in [0.4, 0.5) is 0 Å². The zero-order valence-electron chi connectivity index (χ0n) is 18.3. The lowest BCUT2D eigenvalue weighted by Gasteiger charge is -2.36. The SMILES string of the molecule is Cc1ccccc1-n1ncc2c1CC(C)(C)C[C@@H]2NC(=O)CCCN1CCCC1=O. The lowest BCUT2D eigenvalue weighted by molar-refractivity contribution is -0.128. The number of aryl methyl sites for hydroxylation is 1. The van der Waals surface area contributed by atoms with Crippen molar-refractivity contribution in [2.45, 2.75) is 65.3 Å². The third kappa shape index (κ3) is 4.27. The summed E-state index contributed by atoms with van der Waals surface area (Å²) >= 11 is 0. The number of fused-ring (bicyclic) bond motifs is 1. The highest BCUT2D eigenvalue weighted by Crippen LogP contribution is 2.41. The van der Waals surface area contributed by atoms with E-state index in [9.17, 15) is 9.59 Å². The summed E-state index contributed by atoms with van der Waals surface area (Å²) in [4.78, 5) is 26.3. The lowest BCUT2D eigenvalue weighted by Crippen LogP contribution is -2.37. The van der Waals surface area contributed by atoms with Gasteiger partial charge in [-0.3, -0.25) is 9.59 Å². The van der Waals surface area contributed by atoms with E-state index in [4.69, 9.17) is 5.10 Å². The Labute approximate surface area is 178 Å².